The summed E-state index contributed by atoms with van der Waals surface area (Å²) in [6.07, 6.45) is 1.95. The summed E-state index contributed by atoms with van der Waals surface area (Å²) in [6, 6.07) is 14.8. The summed E-state index contributed by atoms with van der Waals surface area (Å²) < 4.78 is 27.3. The van der Waals surface area contributed by atoms with Gasteiger partial charge in [-0.15, -0.1) is 0 Å². The molecular formula is C21H23O2PS. The lowest BCUT2D eigenvalue weighted by Crippen LogP contribution is -2.29. The second kappa shape index (κ2) is 6.23. The summed E-state index contributed by atoms with van der Waals surface area (Å²) in [7, 11) is -4.34. The molecule has 0 saturated carbocycles. The maximum Gasteiger partial charge on any atom is 0.169 e. The number of rotatable bonds is 2. The van der Waals surface area contributed by atoms with Crippen molar-refractivity contribution in [3.05, 3.63) is 72.1 Å². The molecule has 1 heterocycles. The molecule has 0 saturated heterocycles. The number of hydrogen-bond donors (Lipinski definition) is 0. The SMILES string of the molecule is C=C(/C=C(\C)P1(=O)c2ccccc2S(=O)c2ccccc21)C(C)(C)C. The number of hydrogen-bond acceptors (Lipinski definition) is 2. The lowest BCUT2D eigenvalue weighted by atomic mass is 9.87. The van der Waals surface area contributed by atoms with Crippen molar-refractivity contribution in [2.45, 2.75) is 37.5 Å². The Labute approximate surface area is 152 Å². The highest BCUT2D eigenvalue weighted by Crippen LogP contribution is 2.56. The quantitative estimate of drug-likeness (QED) is 0.551. The van der Waals surface area contributed by atoms with Crippen LogP contribution in [0.2, 0.25) is 0 Å². The standard InChI is InChI=1S/C21H23O2PS/c1-15(21(3,4)5)14-16(2)24(22)17-10-6-8-12-19(17)25(23)20-13-9-7-11-18(20)24/h6-14H,1H2,2-5H3/b16-14+. The predicted octanol–water partition coefficient (Wildman–Crippen LogP) is 4.99. The van der Waals surface area contributed by atoms with Gasteiger partial charge in [0.15, 0.2) is 7.14 Å². The fourth-order valence-corrected chi connectivity index (χ4v) is 8.08. The Hall–Kier alpha value is -1.70. The summed E-state index contributed by atoms with van der Waals surface area (Å²) in [5.74, 6) is 0. The third kappa shape index (κ3) is 2.90. The molecule has 0 aromatic heterocycles. The highest BCUT2D eigenvalue weighted by Gasteiger charge is 2.40. The van der Waals surface area contributed by atoms with E-state index in [0.29, 0.717) is 20.4 Å². The van der Waals surface area contributed by atoms with E-state index in [1.807, 2.05) is 61.5 Å². The molecule has 0 radical (unpaired) electrons. The number of allylic oxidation sites excluding steroid dienone is 3. The Balaban J connectivity index is 2.31. The normalized spacial score (nSPS) is 22.9. The van der Waals surface area contributed by atoms with Crippen LogP contribution in [0.3, 0.4) is 0 Å². The fraction of sp³-hybridized carbons (Fsp3) is 0.238. The second-order valence-corrected chi connectivity index (χ2v) is 11.7. The van der Waals surface area contributed by atoms with E-state index in [9.17, 15) is 8.77 Å². The van der Waals surface area contributed by atoms with Crippen molar-refractivity contribution in [1.29, 1.82) is 0 Å². The molecule has 25 heavy (non-hydrogen) atoms. The lowest BCUT2D eigenvalue weighted by Gasteiger charge is -2.29. The molecule has 2 nitrogen and oxygen atoms in total. The molecule has 3 rings (SSSR count). The molecule has 0 amide bonds. The van der Waals surface area contributed by atoms with E-state index in [2.05, 4.69) is 27.4 Å². The predicted molar refractivity (Wildman–Crippen MR) is 107 cm³/mol. The maximum absolute atomic E-state index is 14.3. The van der Waals surface area contributed by atoms with Gasteiger partial charge < -0.3 is 4.57 Å². The Bertz CT molecular complexity index is 910. The van der Waals surface area contributed by atoms with Crippen LogP contribution >= 0.6 is 7.14 Å². The van der Waals surface area contributed by atoms with Gasteiger partial charge >= 0.3 is 0 Å². The van der Waals surface area contributed by atoms with Crippen molar-refractivity contribution >= 4 is 28.6 Å². The van der Waals surface area contributed by atoms with Crippen LogP contribution in [-0.2, 0) is 15.4 Å². The van der Waals surface area contributed by atoms with Crippen molar-refractivity contribution in [1.82, 2.24) is 0 Å². The summed E-state index contributed by atoms with van der Waals surface area (Å²) in [4.78, 5) is 1.30. The van der Waals surface area contributed by atoms with Gasteiger partial charge in [-0.2, -0.15) is 0 Å². The molecule has 0 aliphatic carbocycles. The molecule has 0 bridgehead atoms. The monoisotopic (exact) mass is 370 g/mol. The van der Waals surface area contributed by atoms with Gasteiger partial charge in [-0.25, -0.2) is 4.21 Å². The minimum absolute atomic E-state index is 0.0991. The highest BCUT2D eigenvalue weighted by atomic mass is 32.2. The zero-order valence-electron chi connectivity index (χ0n) is 15.1. The molecular weight excluding hydrogens is 347 g/mol. The Morgan fingerprint density at radius 3 is 1.88 bits per heavy atom. The minimum atomic E-state index is -3.04. The molecule has 2 aromatic carbocycles. The lowest BCUT2D eigenvalue weighted by molar-refractivity contribution is 0.518. The van der Waals surface area contributed by atoms with Gasteiger partial charge in [0.1, 0.15) is 0 Å². The van der Waals surface area contributed by atoms with Crippen LogP contribution < -0.4 is 10.6 Å². The largest absolute Gasteiger partial charge is 0.309 e. The zero-order chi connectivity index (χ0) is 18.4. The average Bonchev–Trinajstić information content (AvgIpc) is 2.58. The third-order valence-corrected chi connectivity index (χ3v) is 9.72. The van der Waals surface area contributed by atoms with Crippen molar-refractivity contribution in [3.8, 4) is 0 Å². The van der Waals surface area contributed by atoms with Crippen molar-refractivity contribution < 1.29 is 8.77 Å². The van der Waals surface area contributed by atoms with Crippen LogP contribution in [-0.4, -0.2) is 4.21 Å². The second-order valence-electron chi connectivity index (χ2n) is 7.37. The van der Waals surface area contributed by atoms with E-state index >= 15 is 0 Å². The maximum atomic E-state index is 14.3. The first kappa shape index (κ1) is 18.1. The Kier molecular flexibility index (Phi) is 4.51. The van der Waals surface area contributed by atoms with Crippen molar-refractivity contribution in [3.63, 3.8) is 0 Å². The summed E-state index contributed by atoms with van der Waals surface area (Å²) >= 11 is 0. The molecule has 0 atom stereocenters. The smallest absolute Gasteiger partial charge is 0.169 e. The zero-order valence-corrected chi connectivity index (χ0v) is 16.8. The van der Waals surface area contributed by atoms with E-state index in [0.717, 1.165) is 10.9 Å². The third-order valence-electron chi connectivity index (χ3n) is 4.65. The molecule has 130 valence electrons. The van der Waals surface area contributed by atoms with Gasteiger partial charge in [-0.1, -0.05) is 57.7 Å². The van der Waals surface area contributed by atoms with Crippen molar-refractivity contribution in [2.75, 3.05) is 0 Å². The first-order valence-corrected chi connectivity index (χ1v) is 11.1. The average molecular weight is 370 g/mol. The fourth-order valence-electron chi connectivity index (χ4n) is 2.94. The van der Waals surface area contributed by atoms with Crippen LogP contribution in [0.1, 0.15) is 27.7 Å². The first-order valence-electron chi connectivity index (χ1n) is 8.26. The van der Waals surface area contributed by atoms with Gasteiger partial charge in [0.25, 0.3) is 0 Å². The molecule has 4 heteroatoms. The topological polar surface area (TPSA) is 34.1 Å². The van der Waals surface area contributed by atoms with Gasteiger partial charge in [-0.3, -0.25) is 0 Å². The number of benzene rings is 2. The van der Waals surface area contributed by atoms with Crippen molar-refractivity contribution in [2.24, 2.45) is 5.41 Å². The summed E-state index contributed by atoms with van der Waals surface area (Å²) in [5, 5.41) is 2.15. The van der Waals surface area contributed by atoms with E-state index < -0.39 is 17.9 Å². The molecule has 0 spiro atoms. The molecule has 1 aliphatic rings. The van der Waals surface area contributed by atoms with Gasteiger partial charge in [0.05, 0.1) is 20.6 Å². The van der Waals surface area contributed by atoms with Gasteiger partial charge in [0, 0.05) is 10.6 Å². The van der Waals surface area contributed by atoms with E-state index in [4.69, 9.17) is 0 Å². The van der Waals surface area contributed by atoms with E-state index in [-0.39, 0.29) is 5.41 Å². The van der Waals surface area contributed by atoms with Crippen LogP contribution in [0.25, 0.3) is 0 Å². The van der Waals surface area contributed by atoms with Crippen LogP contribution in [0.4, 0.5) is 0 Å². The minimum Gasteiger partial charge on any atom is -0.309 e. The van der Waals surface area contributed by atoms with E-state index in [1.165, 1.54) is 0 Å². The molecule has 0 N–H and O–H groups in total. The molecule has 0 fully saturated rings. The Morgan fingerprint density at radius 1 is 1.00 bits per heavy atom. The summed E-state index contributed by atoms with van der Waals surface area (Å²) in [6.45, 7) is 12.3. The Morgan fingerprint density at radius 2 is 1.44 bits per heavy atom. The number of fused-ring (bicyclic) bond motifs is 2. The first-order chi connectivity index (χ1) is 11.7. The van der Waals surface area contributed by atoms with Crippen LogP contribution in [0.15, 0.2) is 81.9 Å². The molecule has 2 aromatic rings. The van der Waals surface area contributed by atoms with Crippen LogP contribution in [0.5, 0.6) is 0 Å². The molecule has 0 unspecified atom stereocenters. The van der Waals surface area contributed by atoms with Gasteiger partial charge in [0.2, 0.25) is 0 Å². The summed E-state index contributed by atoms with van der Waals surface area (Å²) in [5.41, 5.74) is 0.833. The highest BCUT2D eigenvalue weighted by molar-refractivity contribution is 7.91. The van der Waals surface area contributed by atoms with Gasteiger partial charge in [-0.05, 0) is 47.5 Å². The van der Waals surface area contributed by atoms with Crippen LogP contribution in [0, 0.1) is 5.41 Å². The molecule has 1 aliphatic heterocycles. The van der Waals surface area contributed by atoms with E-state index in [1.54, 1.807) is 0 Å².